The molecule has 0 aromatic heterocycles. The summed E-state index contributed by atoms with van der Waals surface area (Å²) >= 11 is 0. The number of benzene rings is 1. The first-order valence-corrected chi connectivity index (χ1v) is 6.72. The number of carbonyl (C=O) groups excluding carboxylic acids is 2. The van der Waals surface area contributed by atoms with E-state index in [4.69, 9.17) is 11.5 Å². The van der Waals surface area contributed by atoms with Gasteiger partial charge in [0.05, 0.1) is 11.3 Å². The topological polar surface area (TPSA) is 101 Å². The molecule has 1 aromatic rings. The number of carbonyl (C=O) groups is 2. The fourth-order valence-corrected chi connectivity index (χ4v) is 2.65. The molecule has 108 valence electrons. The standard InChI is InChI=1S/C14H20N4O2/c1-17-14(20)11-4-2-3-7-18(11)12-8-9(15)5-6-10(12)13(16)19/h5-6,8,11H,2-4,7,15H2,1H3,(H2,16,19)(H,17,20). The summed E-state index contributed by atoms with van der Waals surface area (Å²) < 4.78 is 0. The number of nitrogens with two attached hydrogens (primary N) is 2. The molecule has 0 saturated carbocycles. The molecule has 1 aliphatic rings. The largest absolute Gasteiger partial charge is 0.399 e. The highest BCUT2D eigenvalue weighted by Gasteiger charge is 2.30. The summed E-state index contributed by atoms with van der Waals surface area (Å²) in [5.74, 6) is -0.566. The first-order chi connectivity index (χ1) is 9.54. The molecule has 0 radical (unpaired) electrons. The highest BCUT2D eigenvalue weighted by Crippen LogP contribution is 2.29. The smallest absolute Gasteiger partial charge is 0.250 e. The van der Waals surface area contributed by atoms with Crippen LogP contribution in [0.25, 0.3) is 0 Å². The van der Waals surface area contributed by atoms with E-state index in [1.165, 1.54) is 0 Å². The van der Waals surface area contributed by atoms with Crippen LogP contribution >= 0.6 is 0 Å². The van der Waals surface area contributed by atoms with Crippen LogP contribution in [0.1, 0.15) is 29.6 Å². The number of nitrogen functional groups attached to an aromatic ring is 1. The first-order valence-electron chi connectivity index (χ1n) is 6.72. The molecule has 1 aromatic carbocycles. The highest BCUT2D eigenvalue weighted by molar-refractivity contribution is 6.00. The molecule has 1 unspecified atom stereocenters. The Morgan fingerprint density at radius 3 is 2.75 bits per heavy atom. The molecular formula is C14H20N4O2. The van der Waals surface area contributed by atoms with Gasteiger partial charge < -0.3 is 21.7 Å². The summed E-state index contributed by atoms with van der Waals surface area (Å²) in [7, 11) is 1.61. The van der Waals surface area contributed by atoms with Crippen LogP contribution in [0.4, 0.5) is 11.4 Å². The van der Waals surface area contributed by atoms with E-state index in [0.717, 1.165) is 19.3 Å². The van der Waals surface area contributed by atoms with Crippen molar-refractivity contribution in [3.05, 3.63) is 23.8 Å². The van der Waals surface area contributed by atoms with Crippen molar-refractivity contribution in [2.75, 3.05) is 24.2 Å². The zero-order valence-electron chi connectivity index (χ0n) is 11.6. The van der Waals surface area contributed by atoms with Gasteiger partial charge in [0.1, 0.15) is 6.04 Å². The maximum Gasteiger partial charge on any atom is 0.250 e. The van der Waals surface area contributed by atoms with Gasteiger partial charge in [0.25, 0.3) is 5.91 Å². The Morgan fingerprint density at radius 2 is 2.10 bits per heavy atom. The Labute approximate surface area is 118 Å². The lowest BCUT2D eigenvalue weighted by molar-refractivity contribution is -0.122. The molecule has 6 heteroatoms. The van der Waals surface area contributed by atoms with Crippen molar-refractivity contribution in [1.29, 1.82) is 0 Å². The lowest BCUT2D eigenvalue weighted by Gasteiger charge is -2.37. The predicted octanol–water partition coefficient (Wildman–Crippen LogP) is 0.473. The van der Waals surface area contributed by atoms with Crippen molar-refractivity contribution < 1.29 is 9.59 Å². The molecule has 1 aliphatic heterocycles. The lowest BCUT2D eigenvalue weighted by Crippen LogP contribution is -2.49. The number of piperidine rings is 1. The minimum atomic E-state index is -0.513. The van der Waals surface area contributed by atoms with Crippen molar-refractivity contribution in [2.24, 2.45) is 5.73 Å². The normalized spacial score (nSPS) is 18.6. The summed E-state index contributed by atoms with van der Waals surface area (Å²) in [6.45, 7) is 0.710. The van der Waals surface area contributed by atoms with Crippen LogP contribution in [0.5, 0.6) is 0 Å². The summed E-state index contributed by atoms with van der Waals surface area (Å²) in [6, 6.07) is 4.68. The number of primary amides is 1. The van der Waals surface area contributed by atoms with E-state index in [1.54, 1.807) is 25.2 Å². The van der Waals surface area contributed by atoms with Crippen LogP contribution in [0.3, 0.4) is 0 Å². The van der Waals surface area contributed by atoms with Gasteiger partial charge in [-0.3, -0.25) is 9.59 Å². The van der Waals surface area contributed by atoms with Crippen molar-refractivity contribution >= 4 is 23.2 Å². The Kier molecular flexibility index (Phi) is 4.12. The van der Waals surface area contributed by atoms with E-state index in [0.29, 0.717) is 23.5 Å². The Morgan fingerprint density at radius 1 is 1.35 bits per heavy atom. The minimum Gasteiger partial charge on any atom is -0.399 e. The number of likely N-dealkylation sites (N-methyl/N-ethyl adjacent to an activating group) is 1. The van der Waals surface area contributed by atoms with E-state index in [2.05, 4.69) is 5.32 Å². The van der Waals surface area contributed by atoms with Gasteiger partial charge in [0.2, 0.25) is 5.91 Å². The number of hydrogen-bond donors (Lipinski definition) is 3. The molecule has 1 heterocycles. The number of hydrogen-bond acceptors (Lipinski definition) is 4. The third kappa shape index (κ3) is 2.68. The van der Waals surface area contributed by atoms with E-state index in [-0.39, 0.29) is 11.9 Å². The van der Waals surface area contributed by atoms with E-state index in [1.807, 2.05) is 4.90 Å². The van der Waals surface area contributed by atoms with Crippen molar-refractivity contribution in [2.45, 2.75) is 25.3 Å². The van der Waals surface area contributed by atoms with Gasteiger partial charge in [0.15, 0.2) is 0 Å². The van der Waals surface area contributed by atoms with E-state index < -0.39 is 5.91 Å². The second kappa shape index (κ2) is 5.81. The minimum absolute atomic E-state index is 0.0532. The summed E-state index contributed by atoms with van der Waals surface area (Å²) in [5, 5.41) is 2.67. The summed E-state index contributed by atoms with van der Waals surface area (Å²) in [4.78, 5) is 25.5. The fourth-order valence-electron chi connectivity index (χ4n) is 2.65. The molecule has 6 nitrogen and oxygen atoms in total. The van der Waals surface area contributed by atoms with Gasteiger partial charge in [-0.1, -0.05) is 0 Å². The van der Waals surface area contributed by atoms with Crippen LogP contribution in [0.15, 0.2) is 18.2 Å². The zero-order chi connectivity index (χ0) is 14.7. The quantitative estimate of drug-likeness (QED) is 0.698. The molecule has 0 bridgehead atoms. The average molecular weight is 276 g/mol. The number of amides is 2. The van der Waals surface area contributed by atoms with Crippen LogP contribution < -0.4 is 21.7 Å². The van der Waals surface area contributed by atoms with Crippen molar-refractivity contribution in [1.82, 2.24) is 5.32 Å². The van der Waals surface area contributed by atoms with Crippen molar-refractivity contribution in [3.8, 4) is 0 Å². The molecule has 0 spiro atoms. The third-order valence-electron chi connectivity index (χ3n) is 3.65. The maximum atomic E-state index is 12.0. The van der Waals surface area contributed by atoms with Crippen LogP contribution in [-0.4, -0.2) is 31.4 Å². The molecular weight excluding hydrogens is 256 g/mol. The first kappa shape index (κ1) is 14.2. The Hall–Kier alpha value is -2.24. The van der Waals surface area contributed by atoms with E-state index >= 15 is 0 Å². The van der Waals surface area contributed by atoms with Gasteiger partial charge in [-0.25, -0.2) is 0 Å². The maximum absolute atomic E-state index is 12.0. The number of rotatable bonds is 3. The van der Waals surface area contributed by atoms with Gasteiger partial charge in [-0.15, -0.1) is 0 Å². The monoisotopic (exact) mass is 276 g/mol. The second-order valence-electron chi connectivity index (χ2n) is 4.96. The number of anilines is 2. The lowest BCUT2D eigenvalue weighted by atomic mass is 9.98. The molecule has 1 atom stereocenters. The predicted molar refractivity (Wildman–Crippen MR) is 78.4 cm³/mol. The van der Waals surface area contributed by atoms with E-state index in [9.17, 15) is 9.59 Å². The second-order valence-corrected chi connectivity index (χ2v) is 4.96. The summed E-state index contributed by atoms with van der Waals surface area (Å²) in [6.07, 6.45) is 2.72. The third-order valence-corrected chi connectivity index (χ3v) is 3.65. The highest BCUT2D eigenvalue weighted by atomic mass is 16.2. The van der Waals surface area contributed by atoms with Gasteiger partial charge in [0, 0.05) is 19.3 Å². The Bertz CT molecular complexity index is 530. The molecule has 1 saturated heterocycles. The molecule has 0 aliphatic carbocycles. The fraction of sp³-hybridized carbons (Fsp3) is 0.429. The van der Waals surface area contributed by atoms with Crippen LogP contribution in [0.2, 0.25) is 0 Å². The number of nitrogens with zero attached hydrogens (tertiary/aromatic N) is 1. The van der Waals surface area contributed by atoms with Crippen LogP contribution in [-0.2, 0) is 4.79 Å². The van der Waals surface area contributed by atoms with Crippen LogP contribution in [0, 0.1) is 0 Å². The molecule has 5 N–H and O–H groups in total. The molecule has 20 heavy (non-hydrogen) atoms. The molecule has 2 rings (SSSR count). The molecule has 2 amide bonds. The Balaban J connectivity index is 2.44. The van der Waals surface area contributed by atoms with Gasteiger partial charge in [-0.05, 0) is 37.5 Å². The van der Waals surface area contributed by atoms with Gasteiger partial charge >= 0.3 is 0 Å². The molecule has 1 fully saturated rings. The average Bonchev–Trinajstić information content (AvgIpc) is 2.46. The number of nitrogens with one attached hydrogen (secondary N) is 1. The van der Waals surface area contributed by atoms with Gasteiger partial charge in [-0.2, -0.15) is 0 Å². The zero-order valence-corrected chi connectivity index (χ0v) is 11.6. The van der Waals surface area contributed by atoms with Crippen molar-refractivity contribution in [3.63, 3.8) is 0 Å². The summed E-state index contributed by atoms with van der Waals surface area (Å²) in [5.41, 5.74) is 12.8. The SMILES string of the molecule is CNC(=O)C1CCCCN1c1cc(N)ccc1C(N)=O.